The largest absolute Gasteiger partial charge is 0.464 e. The van der Waals surface area contributed by atoms with E-state index in [1.165, 1.54) is 0 Å². The molecular weight excluding hydrogens is 322 g/mol. The van der Waals surface area contributed by atoms with E-state index in [0.717, 1.165) is 5.56 Å². The Morgan fingerprint density at radius 2 is 1.76 bits per heavy atom. The minimum Gasteiger partial charge on any atom is -0.464 e. The third-order valence-electron chi connectivity index (χ3n) is 4.13. The highest BCUT2D eigenvalue weighted by molar-refractivity contribution is 5.78. The van der Waals surface area contributed by atoms with Crippen LogP contribution in [0.1, 0.15) is 39.2 Å². The van der Waals surface area contributed by atoms with Gasteiger partial charge < -0.3 is 19.1 Å². The number of nitrogens with zero attached hydrogens (tertiary/aromatic N) is 1. The quantitative estimate of drug-likeness (QED) is 0.738. The van der Waals surface area contributed by atoms with Crippen LogP contribution in [0.3, 0.4) is 0 Å². The monoisotopic (exact) mass is 349 g/mol. The van der Waals surface area contributed by atoms with Crippen molar-refractivity contribution in [2.45, 2.75) is 51.9 Å². The molecule has 6 nitrogen and oxygen atoms in total. The van der Waals surface area contributed by atoms with Crippen LogP contribution in [0.4, 0.5) is 4.79 Å². The fraction of sp³-hybridized carbons (Fsp3) is 0.579. The van der Waals surface area contributed by atoms with Crippen molar-refractivity contribution in [3.63, 3.8) is 0 Å². The van der Waals surface area contributed by atoms with Crippen molar-refractivity contribution in [2.75, 3.05) is 19.7 Å². The zero-order valence-corrected chi connectivity index (χ0v) is 15.2. The topological polar surface area (TPSA) is 65.1 Å². The lowest BCUT2D eigenvalue weighted by Crippen LogP contribution is -2.46. The van der Waals surface area contributed by atoms with Crippen LogP contribution in [0.2, 0.25) is 0 Å². The summed E-state index contributed by atoms with van der Waals surface area (Å²) in [7, 11) is 0. The van der Waals surface area contributed by atoms with E-state index in [1.807, 2.05) is 30.3 Å². The summed E-state index contributed by atoms with van der Waals surface area (Å²) in [6.07, 6.45) is 0.955. The molecule has 138 valence electrons. The molecule has 25 heavy (non-hydrogen) atoms. The first-order chi connectivity index (χ1) is 11.9. The predicted octanol–water partition coefficient (Wildman–Crippen LogP) is 3.15. The predicted molar refractivity (Wildman–Crippen MR) is 93.0 cm³/mol. The molecule has 1 saturated heterocycles. The van der Waals surface area contributed by atoms with Crippen LogP contribution in [-0.2, 0) is 25.6 Å². The van der Waals surface area contributed by atoms with Crippen LogP contribution >= 0.6 is 0 Å². The molecule has 1 aromatic carbocycles. The van der Waals surface area contributed by atoms with Gasteiger partial charge in [0.2, 0.25) is 0 Å². The van der Waals surface area contributed by atoms with E-state index in [4.69, 9.17) is 14.2 Å². The molecule has 1 aliphatic heterocycles. The molecule has 0 aromatic heterocycles. The molecule has 6 heteroatoms. The molecule has 1 aliphatic rings. The molecule has 0 saturated carbocycles. The highest BCUT2D eigenvalue weighted by Gasteiger charge is 2.35. The number of benzene rings is 1. The Bertz CT molecular complexity index is 564. The zero-order valence-electron chi connectivity index (χ0n) is 15.2. The first-order valence-electron chi connectivity index (χ1n) is 8.73. The second-order valence-corrected chi connectivity index (χ2v) is 6.58. The molecule has 1 amide bonds. The maximum absolute atomic E-state index is 12.1. The SMILES string of the molecule is CCOC(=O)C(C)(C)OC1CCN(C(=O)OCc2ccccc2)CC1. The number of piperidine rings is 1. The molecule has 0 bridgehead atoms. The number of ether oxygens (including phenoxy) is 3. The van der Waals surface area contributed by atoms with E-state index in [1.54, 1.807) is 25.7 Å². The summed E-state index contributed by atoms with van der Waals surface area (Å²) in [6.45, 7) is 6.90. The van der Waals surface area contributed by atoms with Gasteiger partial charge in [-0.05, 0) is 39.2 Å². The number of likely N-dealkylation sites (tertiary alicyclic amines) is 1. The van der Waals surface area contributed by atoms with Gasteiger partial charge in [0.1, 0.15) is 6.61 Å². The normalized spacial score (nSPS) is 15.7. The van der Waals surface area contributed by atoms with Crippen molar-refractivity contribution >= 4 is 12.1 Å². The second kappa shape index (κ2) is 8.85. The molecule has 2 rings (SSSR count). The third kappa shape index (κ3) is 5.74. The fourth-order valence-electron chi connectivity index (χ4n) is 2.74. The fourth-order valence-corrected chi connectivity index (χ4v) is 2.74. The van der Waals surface area contributed by atoms with Crippen LogP contribution in [0.25, 0.3) is 0 Å². The van der Waals surface area contributed by atoms with E-state index in [9.17, 15) is 9.59 Å². The highest BCUT2D eigenvalue weighted by atomic mass is 16.6. The minimum atomic E-state index is -0.976. The summed E-state index contributed by atoms with van der Waals surface area (Å²) in [6, 6.07) is 9.60. The number of carbonyl (C=O) groups excluding carboxylic acids is 2. The molecule has 0 atom stereocenters. The van der Waals surface area contributed by atoms with Gasteiger partial charge in [0.05, 0.1) is 12.7 Å². The number of esters is 1. The molecule has 1 heterocycles. The van der Waals surface area contributed by atoms with Crippen molar-refractivity contribution < 1.29 is 23.8 Å². The van der Waals surface area contributed by atoms with Gasteiger partial charge in [-0.3, -0.25) is 0 Å². The van der Waals surface area contributed by atoms with E-state index < -0.39 is 5.60 Å². The average Bonchev–Trinajstić information content (AvgIpc) is 2.61. The summed E-state index contributed by atoms with van der Waals surface area (Å²) >= 11 is 0. The Hall–Kier alpha value is -2.08. The van der Waals surface area contributed by atoms with E-state index in [-0.39, 0.29) is 24.8 Å². The molecular formula is C19H27NO5. The van der Waals surface area contributed by atoms with Crippen molar-refractivity contribution in [1.29, 1.82) is 0 Å². The third-order valence-corrected chi connectivity index (χ3v) is 4.13. The van der Waals surface area contributed by atoms with E-state index in [2.05, 4.69) is 0 Å². The highest BCUT2D eigenvalue weighted by Crippen LogP contribution is 2.22. The van der Waals surface area contributed by atoms with Gasteiger partial charge in [-0.2, -0.15) is 0 Å². The number of hydrogen-bond donors (Lipinski definition) is 0. The van der Waals surface area contributed by atoms with Crippen molar-refractivity contribution in [1.82, 2.24) is 4.90 Å². The lowest BCUT2D eigenvalue weighted by molar-refractivity contribution is -0.176. The van der Waals surface area contributed by atoms with Gasteiger partial charge in [-0.1, -0.05) is 30.3 Å². The Morgan fingerprint density at radius 1 is 1.12 bits per heavy atom. The van der Waals surface area contributed by atoms with Crippen LogP contribution in [0.5, 0.6) is 0 Å². The van der Waals surface area contributed by atoms with Gasteiger partial charge in [0, 0.05) is 13.1 Å². The van der Waals surface area contributed by atoms with Gasteiger partial charge in [0.25, 0.3) is 0 Å². The van der Waals surface area contributed by atoms with Crippen LogP contribution in [0, 0.1) is 0 Å². The molecule has 0 radical (unpaired) electrons. The van der Waals surface area contributed by atoms with Crippen molar-refractivity contribution in [3.05, 3.63) is 35.9 Å². The second-order valence-electron chi connectivity index (χ2n) is 6.58. The number of rotatable bonds is 6. The van der Waals surface area contributed by atoms with Crippen LogP contribution in [0.15, 0.2) is 30.3 Å². The molecule has 1 fully saturated rings. The Morgan fingerprint density at radius 3 is 2.36 bits per heavy atom. The van der Waals surface area contributed by atoms with Gasteiger partial charge in [-0.25, -0.2) is 9.59 Å². The summed E-state index contributed by atoms with van der Waals surface area (Å²) < 4.78 is 16.3. The number of hydrogen-bond acceptors (Lipinski definition) is 5. The van der Waals surface area contributed by atoms with Crippen molar-refractivity contribution in [2.24, 2.45) is 0 Å². The first-order valence-corrected chi connectivity index (χ1v) is 8.73. The number of carbonyl (C=O) groups is 2. The maximum atomic E-state index is 12.1. The standard InChI is InChI=1S/C19H27NO5/c1-4-23-17(21)19(2,3)25-16-10-12-20(13-11-16)18(22)24-14-15-8-6-5-7-9-15/h5-9,16H,4,10-14H2,1-3H3. The zero-order chi connectivity index (χ0) is 18.3. The van der Waals surface area contributed by atoms with Crippen LogP contribution < -0.4 is 0 Å². The Balaban J connectivity index is 1.75. The molecule has 0 aliphatic carbocycles. The lowest BCUT2D eigenvalue weighted by atomic mass is 10.1. The minimum absolute atomic E-state index is 0.0717. The van der Waals surface area contributed by atoms with Gasteiger partial charge in [0.15, 0.2) is 5.60 Å². The average molecular weight is 349 g/mol. The van der Waals surface area contributed by atoms with E-state index >= 15 is 0 Å². The molecule has 0 unspecified atom stereocenters. The maximum Gasteiger partial charge on any atom is 0.410 e. The first kappa shape index (κ1) is 19.2. The van der Waals surface area contributed by atoms with Crippen LogP contribution in [-0.4, -0.2) is 48.4 Å². The smallest absolute Gasteiger partial charge is 0.410 e. The Kier molecular flexibility index (Phi) is 6.82. The summed E-state index contributed by atoms with van der Waals surface area (Å²) in [4.78, 5) is 25.7. The molecule has 0 N–H and O–H groups in total. The summed E-state index contributed by atoms with van der Waals surface area (Å²) in [5.74, 6) is -0.361. The van der Waals surface area contributed by atoms with E-state index in [0.29, 0.717) is 32.5 Å². The number of amides is 1. The summed E-state index contributed by atoms with van der Waals surface area (Å²) in [5, 5.41) is 0. The van der Waals surface area contributed by atoms with Gasteiger partial charge in [-0.15, -0.1) is 0 Å². The molecule has 1 aromatic rings. The van der Waals surface area contributed by atoms with Gasteiger partial charge >= 0.3 is 12.1 Å². The lowest BCUT2D eigenvalue weighted by Gasteiger charge is -2.35. The molecule has 0 spiro atoms. The summed E-state index contributed by atoms with van der Waals surface area (Å²) in [5.41, 5.74) is -0.0123. The Labute approximate surface area is 149 Å². The van der Waals surface area contributed by atoms with Crippen molar-refractivity contribution in [3.8, 4) is 0 Å².